The van der Waals surface area contributed by atoms with Gasteiger partial charge in [0.25, 0.3) is 11.8 Å². The SMILES string of the molecule is Cc1oc(-c2ccccc2)nc1COC(=O)c1ccc2c(c1)C(=O)N(CCC(C)C)C2=O. The molecular weight excluding hydrogens is 408 g/mol. The summed E-state index contributed by atoms with van der Waals surface area (Å²) in [5.74, 6) is 0.0893. The van der Waals surface area contributed by atoms with Gasteiger partial charge in [-0.15, -0.1) is 0 Å². The average Bonchev–Trinajstić information content (AvgIpc) is 3.28. The number of rotatable bonds is 7. The molecule has 0 atom stereocenters. The number of hydrogen-bond acceptors (Lipinski definition) is 6. The van der Waals surface area contributed by atoms with Crippen LogP contribution in [0, 0.1) is 12.8 Å². The predicted molar refractivity (Wildman–Crippen MR) is 117 cm³/mol. The van der Waals surface area contributed by atoms with Crippen LogP contribution in [-0.4, -0.2) is 34.2 Å². The summed E-state index contributed by atoms with van der Waals surface area (Å²) in [5.41, 5.74) is 2.11. The largest absolute Gasteiger partial charge is 0.455 e. The number of amides is 2. The molecule has 2 aromatic carbocycles. The molecule has 3 aromatic rings. The van der Waals surface area contributed by atoms with E-state index < -0.39 is 5.97 Å². The van der Waals surface area contributed by atoms with Crippen molar-refractivity contribution in [3.05, 3.63) is 76.7 Å². The number of oxazole rings is 1. The van der Waals surface area contributed by atoms with E-state index in [0.29, 0.717) is 35.4 Å². The highest BCUT2D eigenvalue weighted by atomic mass is 16.5. The zero-order chi connectivity index (χ0) is 22.8. The first kappa shape index (κ1) is 21.5. The van der Waals surface area contributed by atoms with E-state index in [0.717, 1.165) is 12.0 Å². The number of benzene rings is 2. The predicted octanol–water partition coefficient (Wildman–Crippen LogP) is 4.65. The third kappa shape index (κ3) is 4.19. The fourth-order valence-corrected chi connectivity index (χ4v) is 3.49. The smallest absolute Gasteiger partial charge is 0.338 e. The van der Waals surface area contributed by atoms with Crippen molar-refractivity contribution >= 4 is 17.8 Å². The number of carbonyl (C=O) groups is 3. The minimum atomic E-state index is -0.600. The first-order chi connectivity index (χ1) is 15.3. The van der Waals surface area contributed by atoms with Gasteiger partial charge in [0.2, 0.25) is 5.89 Å². The molecular formula is C25H24N2O5. The number of nitrogens with zero attached hydrogens (tertiary/aromatic N) is 2. The maximum Gasteiger partial charge on any atom is 0.338 e. The van der Waals surface area contributed by atoms with Gasteiger partial charge < -0.3 is 9.15 Å². The zero-order valence-electron chi connectivity index (χ0n) is 18.3. The van der Waals surface area contributed by atoms with E-state index in [-0.39, 0.29) is 29.5 Å². The molecule has 4 rings (SSSR count). The van der Waals surface area contributed by atoms with Crippen LogP contribution in [0.25, 0.3) is 11.5 Å². The van der Waals surface area contributed by atoms with Crippen LogP contribution in [0.1, 0.15) is 62.8 Å². The lowest BCUT2D eigenvalue weighted by Crippen LogP contribution is -2.31. The molecule has 32 heavy (non-hydrogen) atoms. The van der Waals surface area contributed by atoms with Gasteiger partial charge >= 0.3 is 5.97 Å². The molecule has 2 heterocycles. The Morgan fingerprint density at radius 3 is 2.50 bits per heavy atom. The van der Waals surface area contributed by atoms with E-state index in [1.54, 1.807) is 6.92 Å². The van der Waals surface area contributed by atoms with E-state index in [2.05, 4.69) is 4.98 Å². The molecule has 2 amide bonds. The second-order valence-electron chi connectivity index (χ2n) is 8.17. The number of aromatic nitrogens is 1. The summed E-state index contributed by atoms with van der Waals surface area (Å²) >= 11 is 0. The van der Waals surface area contributed by atoms with Gasteiger partial charge in [-0.3, -0.25) is 14.5 Å². The maximum atomic E-state index is 12.7. The highest BCUT2D eigenvalue weighted by Crippen LogP contribution is 2.26. The van der Waals surface area contributed by atoms with Crippen LogP contribution in [-0.2, 0) is 11.3 Å². The molecule has 1 aliphatic rings. The lowest BCUT2D eigenvalue weighted by Gasteiger charge is -2.14. The van der Waals surface area contributed by atoms with Gasteiger partial charge in [0, 0.05) is 12.1 Å². The number of ether oxygens (including phenoxy) is 1. The highest BCUT2D eigenvalue weighted by molar-refractivity contribution is 6.21. The van der Waals surface area contributed by atoms with Gasteiger partial charge in [-0.2, -0.15) is 0 Å². The fraction of sp³-hybridized carbons (Fsp3) is 0.280. The third-order valence-corrected chi connectivity index (χ3v) is 5.39. The Morgan fingerprint density at radius 2 is 1.78 bits per heavy atom. The number of hydrogen-bond donors (Lipinski definition) is 0. The van der Waals surface area contributed by atoms with E-state index >= 15 is 0 Å². The quantitative estimate of drug-likeness (QED) is 0.399. The summed E-state index contributed by atoms with van der Waals surface area (Å²) in [5, 5.41) is 0. The Labute approximate surface area is 186 Å². The minimum absolute atomic E-state index is 0.0640. The van der Waals surface area contributed by atoms with Crippen LogP contribution < -0.4 is 0 Å². The molecule has 1 aromatic heterocycles. The van der Waals surface area contributed by atoms with E-state index in [1.807, 2.05) is 44.2 Å². The average molecular weight is 432 g/mol. The molecule has 7 nitrogen and oxygen atoms in total. The van der Waals surface area contributed by atoms with Crippen LogP contribution in [0.5, 0.6) is 0 Å². The van der Waals surface area contributed by atoms with E-state index in [4.69, 9.17) is 9.15 Å². The molecule has 0 spiro atoms. The van der Waals surface area contributed by atoms with Gasteiger partial charge in [0.05, 0.1) is 16.7 Å². The minimum Gasteiger partial charge on any atom is -0.455 e. The van der Waals surface area contributed by atoms with E-state index in [1.165, 1.54) is 23.1 Å². The lowest BCUT2D eigenvalue weighted by molar-refractivity contribution is 0.0466. The standard InChI is InChI=1S/C25H24N2O5/c1-15(2)11-12-27-23(28)19-10-9-18(13-20(19)24(27)29)25(30)31-14-21-16(3)32-22(26-21)17-7-5-4-6-8-17/h4-10,13,15H,11-12,14H2,1-3H3. The summed E-state index contributed by atoms with van der Waals surface area (Å²) in [6.07, 6.45) is 0.725. The third-order valence-electron chi connectivity index (χ3n) is 5.39. The van der Waals surface area contributed by atoms with Gasteiger partial charge in [-0.05, 0) is 49.6 Å². The Hall–Kier alpha value is -3.74. The molecule has 0 fully saturated rings. The van der Waals surface area contributed by atoms with Crippen LogP contribution in [0.4, 0.5) is 0 Å². The Bertz CT molecular complexity index is 1180. The van der Waals surface area contributed by atoms with Crippen LogP contribution in [0.2, 0.25) is 0 Å². The van der Waals surface area contributed by atoms with Crippen LogP contribution in [0.15, 0.2) is 52.9 Å². The summed E-state index contributed by atoms with van der Waals surface area (Å²) in [6, 6.07) is 13.9. The number of aryl methyl sites for hydroxylation is 1. The van der Waals surface area contributed by atoms with Crippen molar-refractivity contribution in [3.63, 3.8) is 0 Å². The Kier molecular flexibility index (Phi) is 5.90. The van der Waals surface area contributed by atoms with Gasteiger partial charge in [0.15, 0.2) is 0 Å². The second-order valence-corrected chi connectivity index (χ2v) is 8.17. The van der Waals surface area contributed by atoms with Crippen molar-refractivity contribution in [2.75, 3.05) is 6.54 Å². The molecule has 0 unspecified atom stereocenters. The fourth-order valence-electron chi connectivity index (χ4n) is 3.49. The zero-order valence-corrected chi connectivity index (χ0v) is 18.3. The number of fused-ring (bicyclic) bond motifs is 1. The van der Waals surface area contributed by atoms with E-state index in [9.17, 15) is 14.4 Å². The first-order valence-electron chi connectivity index (χ1n) is 10.5. The second kappa shape index (κ2) is 8.78. The monoisotopic (exact) mass is 432 g/mol. The normalized spacial score (nSPS) is 13.1. The number of imide groups is 1. The van der Waals surface area contributed by atoms with Crippen molar-refractivity contribution in [2.45, 2.75) is 33.8 Å². The maximum absolute atomic E-state index is 12.7. The van der Waals surface area contributed by atoms with Gasteiger partial charge in [-0.1, -0.05) is 32.0 Å². The van der Waals surface area contributed by atoms with Crippen LogP contribution >= 0.6 is 0 Å². The Morgan fingerprint density at radius 1 is 1.06 bits per heavy atom. The van der Waals surface area contributed by atoms with Crippen molar-refractivity contribution in [3.8, 4) is 11.5 Å². The molecule has 0 bridgehead atoms. The Balaban J connectivity index is 1.45. The first-order valence-corrected chi connectivity index (χ1v) is 10.5. The van der Waals surface area contributed by atoms with Gasteiger partial charge in [-0.25, -0.2) is 9.78 Å². The number of esters is 1. The molecule has 0 N–H and O–H groups in total. The molecule has 0 radical (unpaired) electrons. The van der Waals surface area contributed by atoms with Crippen molar-refractivity contribution < 1.29 is 23.5 Å². The molecule has 7 heteroatoms. The molecule has 0 saturated carbocycles. The lowest BCUT2D eigenvalue weighted by atomic mass is 10.1. The summed E-state index contributed by atoms with van der Waals surface area (Å²) in [7, 11) is 0. The molecule has 0 aliphatic carbocycles. The molecule has 164 valence electrons. The summed E-state index contributed by atoms with van der Waals surface area (Å²) in [6.45, 7) is 6.12. The molecule has 1 aliphatic heterocycles. The number of carbonyl (C=O) groups excluding carboxylic acids is 3. The topological polar surface area (TPSA) is 89.7 Å². The highest BCUT2D eigenvalue weighted by Gasteiger charge is 2.35. The van der Waals surface area contributed by atoms with Crippen molar-refractivity contribution in [1.82, 2.24) is 9.88 Å². The van der Waals surface area contributed by atoms with Crippen LogP contribution in [0.3, 0.4) is 0 Å². The van der Waals surface area contributed by atoms with Crippen molar-refractivity contribution in [2.24, 2.45) is 5.92 Å². The van der Waals surface area contributed by atoms with Gasteiger partial charge in [0.1, 0.15) is 18.1 Å². The summed E-state index contributed by atoms with van der Waals surface area (Å²) < 4.78 is 11.1. The summed E-state index contributed by atoms with van der Waals surface area (Å²) in [4.78, 5) is 43.5. The molecule has 0 saturated heterocycles. The van der Waals surface area contributed by atoms with Crippen molar-refractivity contribution in [1.29, 1.82) is 0 Å².